The second-order valence-corrected chi connectivity index (χ2v) is 23.5. The van der Waals surface area contributed by atoms with E-state index in [2.05, 4.69) is 117 Å². The van der Waals surface area contributed by atoms with E-state index in [9.17, 15) is 19.2 Å². The van der Waals surface area contributed by atoms with Gasteiger partial charge >= 0.3 is 0 Å². The first kappa shape index (κ1) is 61.2. The van der Waals surface area contributed by atoms with Gasteiger partial charge in [-0.3, -0.25) is 29.8 Å². The first-order valence-electron chi connectivity index (χ1n) is 26.9. The Kier molecular flexibility index (Phi) is 21.6. The summed E-state index contributed by atoms with van der Waals surface area (Å²) in [6.07, 6.45) is 9.24. The molecule has 78 heavy (non-hydrogen) atoms. The van der Waals surface area contributed by atoms with Crippen molar-refractivity contribution in [1.82, 2.24) is 19.9 Å². The van der Waals surface area contributed by atoms with Crippen LogP contribution < -0.4 is 35.5 Å². The van der Waals surface area contributed by atoms with Gasteiger partial charge in [0.15, 0.2) is 0 Å². The molecule has 0 fully saturated rings. The van der Waals surface area contributed by atoms with Gasteiger partial charge in [0.1, 0.15) is 17.4 Å². The summed E-state index contributed by atoms with van der Waals surface area (Å²) in [5.74, 6) is 0.237. The minimum atomic E-state index is -0.387. The third-order valence-corrected chi connectivity index (χ3v) is 12.8. The largest absolute Gasteiger partial charge is 0.494 e. The van der Waals surface area contributed by atoms with E-state index in [1.807, 2.05) is 67.6 Å². The first-order valence-corrected chi connectivity index (χ1v) is 26.9. The van der Waals surface area contributed by atoms with Crippen molar-refractivity contribution in [3.8, 4) is 17.5 Å². The van der Waals surface area contributed by atoms with E-state index in [0.717, 1.165) is 37.0 Å². The molecule has 2 heterocycles. The van der Waals surface area contributed by atoms with Crippen molar-refractivity contribution in [3.05, 3.63) is 148 Å². The van der Waals surface area contributed by atoms with Gasteiger partial charge in [0.2, 0.25) is 23.7 Å². The Bertz CT molecular complexity index is 2820. The monoisotopic (exact) mass is 1060 g/mol. The van der Waals surface area contributed by atoms with Crippen LogP contribution in [0.15, 0.2) is 109 Å². The maximum atomic E-state index is 13.1. The van der Waals surface area contributed by atoms with Gasteiger partial charge in [-0.25, -0.2) is 0 Å². The van der Waals surface area contributed by atoms with Crippen LogP contribution in [-0.2, 0) is 10.8 Å². The van der Waals surface area contributed by atoms with E-state index >= 15 is 0 Å². The number of aromatic nitrogens is 4. The zero-order valence-electron chi connectivity index (χ0n) is 48.4. The Morgan fingerprint density at radius 1 is 0.449 bits per heavy atom. The molecule has 6 rings (SSSR count). The molecular formula is C63H82N8O7. The lowest BCUT2D eigenvalue weighted by atomic mass is 9.72. The molecule has 0 radical (unpaired) electrons. The topological polar surface area (TPSA) is 196 Å². The Morgan fingerprint density at radius 2 is 0.795 bits per heavy atom. The predicted octanol–water partition coefficient (Wildman–Crippen LogP) is 14.5. The fourth-order valence-corrected chi connectivity index (χ4v) is 9.50. The van der Waals surface area contributed by atoms with E-state index < -0.39 is 0 Å². The SMILES string of the molecule is CCCCCCCCOc1ccc(C(=O)Nc2nc(NC(=O)c3ccc(C)cc3)cc(OC)n2)cc1.COc1cc(NC(=O)c2ccc(C(C)(C)CC(C)(C)C)cc2)nc(NC(=O)c2ccc(C(C)(C)CC(C)(C)C)cc2)n1. The number of amides is 4. The zero-order valence-corrected chi connectivity index (χ0v) is 48.4. The van der Waals surface area contributed by atoms with E-state index in [1.54, 1.807) is 36.4 Å². The molecule has 4 N–H and O–H groups in total. The van der Waals surface area contributed by atoms with Gasteiger partial charge in [0, 0.05) is 34.4 Å². The van der Waals surface area contributed by atoms with Crippen molar-refractivity contribution >= 4 is 47.2 Å². The van der Waals surface area contributed by atoms with Crippen LogP contribution in [0.4, 0.5) is 23.5 Å². The van der Waals surface area contributed by atoms with E-state index in [4.69, 9.17) is 14.2 Å². The molecule has 2 aromatic heterocycles. The fraction of sp³-hybridized carbons (Fsp3) is 0.429. The summed E-state index contributed by atoms with van der Waals surface area (Å²) < 4.78 is 16.3. The molecule has 4 aromatic carbocycles. The number of aryl methyl sites for hydroxylation is 1. The van der Waals surface area contributed by atoms with Crippen LogP contribution in [0.2, 0.25) is 0 Å². The second-order valence-electron chi connectivity index (χ2n) is 23.5. The van der Waals surface area contributed by atoms with Gasteiger partial charge in [-0.1, -0.05) is 150 Å². The fourth-order valence-electron chi connectivity index (χ4n) is 9.50. The van der Waals surface area contributed by atoms with Crippen LogP contribution in [0.5, 0.6) is 17.5 Å². The summed E-state index contributed by atoms with van der Waals surface area (Å²) in [6, 6.07) is 32.3. The molecule has 4 amide bonds. The smallest absolute Gasteiger partial charge is 0.258 e. The minimum Gasteiger partial charge on any atom is -0.494 e. The lowest BCUT2D eigenvalue weighted by molar-refractivity contribution is 0.101. The highest BCUT2D eigenvalue weighted by atomic mass is 16.5. The third-order valence-electron chi connectivity index (χ3n) is 12.8. The standard InChI is InChI=1S/C35H48N4O3.C28H34N4O4/c1-32(2,3)21-34(7,8)25-16-12-23(13-17-25)29(40)36-27-20-28(42-11)38-31(37-27)39-30(41)24-14-18-26(19-15-24)35(9,10)22-33(4,5)6;1-4-5-6-7-8-9-18-36-23-16-14-22(15-17-23)27(34)32-28-30-24(19-25(31-28)35-3)29-26(33)21-12-10-20(2)11-13-21/h12-20H,21-22H2,1-11H3,(H2,36,37,38,39,40,41);10-17,19H,4-9,18H2,1-3H3,(H2,29,30,31,32,33,34). The molecule has 0 atom stereocenters. The average Bonchev–Trinajstić information content (AvgIpc) is 3.38. The van der Waals surface area contributed by atoms with Crippen molar-refractivity contribution in [2.24, 2.45) is 10.8 Å². The molecule has 0 bridgehead atoms. The summed E-state index contributed by atoms with van der Waals surface area (Å²) in [5, 5.41) is 10.9. The van der Waals surface area contributed by atoms with Crippen LogP contribution in [0.1, 0.15) is 186 Å². The highest BCUT2D eigenvalue weighted by molar-refractivity contribution is 6.06. The summed E-state index contributed by atoms with van der Waals surface area (Å²) in [7, 11) is 2.92. The van der Waals surface area contributed by atoms with E-state index in [1.165, 1.54) is 63.2 Å². The molecule has 0 aliphatic carbocycles. The number of nitrogens with one attached hydrogen (secondary N) is 4. The molecule has 15 nitrogen and oxygen atoms in total. The maximum Gasteiger partial charge on any atom is 0.258 e. The number of ether oxygens (including phenoxy) is 3. The Morgan fingerprint density at radius 3 is 1.17 bits per heavy atom. The maximum absolute atomic E-state index is 13.1. The normalized spacial score (nSPS) is 11.6. The number of hydrogen-bond donors (Lipinski definition) is 4. The molecule has 416 valence electrons. The number of carbonyl (C=O) groups is 4. The molecule has 0 saturated carbocycles. The van der Waals surface area contributed by atoms with E-state index in [0.29, 0.717) is 28.9 Å². The average molecular weight is 1060 g/mol. The molecule has 0 aliphatic rings. The van der Waals surface area contributed by atoms with Crippen LogP contribution >= 0.6 is 0 Å². The van der Waals surface area contributed by atoms with Crippen molar-refractivity contribution in [1.29, 1.82) is 0 Å². The lowest BCUT2D eigenvalue weighted by Gasteiger charge is -2.33. The quantitative estimate of drug-likeness (QED) is 0.0472. The van der Waals surface area contributed by atoms with Gasteiger partial charge in [0.25, 0.3) is 23.6 Å². The molecule has 0 unspecified atom stereocenters. The summed E-state index contributed by atoms with van der Waals surface area (Å²) >= 11 is 0. The van der Waals surface area contributed by atoms with Crippen LogP contribution in [0.3, 0.4) is 0 Å². The number of unbranched alkanes of at least 4 members (excludes halogenated alkanes) is 5. The Balaban J connectivity index is 0.000000291. The van der Waals surface area contributed by atoms with Gasteiger partial charge in [-0.15, -0.1) is 0 Å². The predicted molar refractivity (Wildman–Crippen MR) is 313 cm³/mol. The van der Waals surface area contributed by atoms with Crippen molar-refractivity contribution in [2.45, 2.75) is 145 Å². The Labute approximate surface area is 462 Å². The number of benzene rings is 4. The number of carbonyl (C=O) groups excluding carboxylic acids is 4. The second kappa shape index (κ2) is 27.6. The van der Waals surface area contributed by atoms with Gasteiger partial charge in [0.05, 0.1) is 20.8 Å². The van der Waals surface area contributed by atoms with Crippen LogP contribution in [-0.4, -0.2) is 64.4 Å². The number of nitrogens with zero attached hydrogens (tertiary/aromatic N) is 4. The minimum absolute atomic E-state index is 0.0157. The Hall–Kier alpha value is -7.68. The van der Waals surface area contributed by atoms with Crippen LogP contribution in [0.25, 0.3) is 0 Å². The molecule has 0 aliphatic heterocycles. The summed E-state index contributed by atoms with van der Waals surface area (Å²) in [6.45, 7) is 27.1. The van der Waals surface area contributed by atoms with Crippen molar-refractivity contribution in [2.75, 3.05) is 42.1 Å². The highest BCUT2D eigenvalue weighted by Crippen LogP contribution is 2.37. The van der Waals surface area contributed by atoms with Crippen molar-refractivity contribution in [3.63, 3.8) is 0 Å². The number of rotatable bonds is 22. The number of methoxy groups -OCH3 is 2. The number of hydrogen-bond acceptors (Lipinski definition) is 11. The lowest BCUT2D eigenvalue weighted by Crippen LogP contribution is -2.25. The van der Waals surface area contributed by atoms with Gasteiger partial charge in [-0.2, -0.15) is 19.9 Å². The third kappa shape index (κ3) is 19.7. The highest BCUT2D eigenvalue weighted by Gasteiger charge is 2.29. The molecule has 0 saturated heterocycles. The molecular weight excluding hydrogens is 981 g/mol. The van der Waals surface area contributed by atoms with Crippen LogP contribution in [0, 0.1) is 17.8 Å². The zero-order chi connectivity index (χ0) is 57.3. The molecule has 0 spiro atoms. The van der Waals surface area contributed by atoms with Gasteiger partial charge in [-0.05, 0) is 120 Å². The molecule has 15 heteroatoms. The summed E-state index contributed by atoms with van der Waals surface area (Å²) in [5.41, 5.74) is 5.62. The van der Waals surface area contributed by atoms with E-state index in [-0.39, 0.29) is 80.6 Å². The van der Waals surface area contributed by atoms with Crippen molar-refractivity contribution < 1.29 is 33.4 Å². The molecule has 6 aromatic rings. The first-order chi connectivity index (χ1) is 36.8. The van der Waals surface area contributed by atoms with Gasteiger partial charge < -0.3 is 24.8 Å². The summed E-state index contributed by atoms with van der Waals surface area (Å²) in [4.78, 5) is 68.4. The number of anilines is 4.